The van der Waals surface area contributed by atoms with E-state index in [0.717, 1.165) is 6.07 Å². The zero-order valence-corrected chi connectivity index (χ0v) is 7.71. The van der Waals surface area contributed by atoms with E-state index in [0.29, 0.717) is 0 Å². The SMILES string of the molecule is CN(C)c1c(N=C=O)ccc(F)c1F. The minimum atomic E-state index is -1.02. The van der Waals surface area contributed by atoms with Gasteiger partial charge >= 0.3 is 0 Å². The number of hydrogen-bond acceptors (Lipinski definition) is 3. The molecule has 1 rings (SSSR count). The van der Waals surface area contributed by atoms with E-state index in [4.69, 9.17) is 0 Å². The van der Waals surface area contributed by atoms with Crippen LogP contribution in [0.2, 0.25) is 0 Å². The second-order valence-corrected chi connectivity index (χ2v) is 2.83. The normalized spacial score (nSPS) is 9.43. The van der Waals surface area contributed by atoms with Crippen molar-refractivity contribution >= 4 is 17.5 Å². The highest BCUT2D eigenvalue weighted by Crippen LogP contribution is 2.31. The molecular weight excluding hydrogens is 190 g/mol. The van der Waals surface area contributed by atoms with Gasteiger partial charge < -0.3 is 4.90 Å². The van der Waals surface area contributed by atoms with Gasteiger partial charge in [0.1, 0.15) is 11.4 Å². The lowest BCUT2D eigenvalue weighted by molar-refractivity contribution is 0.509. The van der Waals surface area contributed by atoms with Gasteiger partial charge in [-0.2, -0.15) is 4.99 Å². The van der Waals surface area contributed by atoms with E-state index in [2.05, 4.69) is 4.99 Å². The number of isocyanates is 1. The summed E-state index contributed by atoms with van der Waals surface area (Å²) < 4.78 is 26.0. The first-order chi connectivity index (χ1) is 6.57. The van der Waals surface area contributed by atoms with Crippen LogP contribution in [0.1, 0.15) is 0 Å². The van der Waals surface area contributed by atoms with E-state index < -0.39 is 11.6 Å². The van der Waals surface area contributed by atoms with E-state index >= 15 is 0 Å². The van der Waals surface area contributed by atoms with Gasteiger partial charge in [0.05, 0.1) is 0 Å². The highest BCUT2D eigenvalue weighted by molar-refractivity contribution is 5.69. The number of rotatable bonds is 2. The molecule has 0 aliphatic heterocycles. The molecule has 0 amide bonds. The van der Waals surface area contributed by atoms with Crippen molar-refractivity contribution in [2.24, 2.45) is 4.99 Å². The molecule has 74 valence electrons. The second-order valence-electron chi connectivity index (χ2n) is 2.83. The second kappa shape index (κ2) is 3.98. The fourth-order valence-electron chi connectivity index (χ4n) is 1.09. The number of carbonyl (C=O) groups excluding carboxylic acids is 1. The summed E-state index contributed by atoms with van der Waals surface area (Å²) in [5, 5.41) is 0. The van der Waals surface area contributed by atoms with Crippen molar-refractivity contribution in [3.8, 4) is 0 Å². The molecule has 0 spiro atoms. The quantitative estimate of drug-likeness (QED) is 0.537. The zero-order chi connectivity index (χ0) is 10.7. The van der Waals surface area contributed by atoms with E-state index in [1.54, 1.807) is 0 Å². The molecule has 3 nitrogen and oxygen atoms in total. The summed E-state index contributed by atoms with van der Waals surface area (Å²) in [7, 11) is 3.06. The lowest BCUT2D eigenvalue weighted by Crippen LogP contribution is -2.11. The third-order valence-electron chi connectivity index (χ3n) is 1.66. The van der Waals surface area contributed by atoms with Crippen LogP contribution in [0.3, 0.4) is 0 Å². The maximum atomic E-state index is 13.2. The molecule has 0 aliphatic carbocycles. The zero-order valence-electron chi connectivity index (χ0n) is 7.71. The molecule has 0 unspecified atom stereocenters. The summed E-state index contributed by atoms with van der Waals surface area (Å²) in [6, 6.07) is 2.14. The number of aliphatic imine (C=N–C) groups is 1. The van der Waals surface area contributed by atoms with Gasteiger partial charge in [-0.05, 0) is 12.1 Å². The van der Waals surface area contributed by atoms with Crippen molar-refractivity contribution in [3.63, 3.8) is 0 Å². The predicted molar refractivity (Wildman–Crippen MR) is 48.5 cm³/mol. The molecular formula is C9H8F2N2O. The average molecular weight is 198 g/mol. The van der Waals surface area contributed by atoms with Gasteiger partial charge in [0.15, 0.2) is 11.6 Å². The van der Waals surface area contributed by atoms with Gasteiger partial charge in [0.2, 0.25) is 6.08 Å². The Bertz CT molecular complexity index is 398. The Kier molecular flexibility index (Phi) is 2.94. The molecule has 0 saturated carbocycles. The summed E-state index contributed by atoms with van der Waals surface area (Å²) in [5.74, 6) is -2.00. The minimum Gasteiger partial charge on any atom is -0.373 e. The number of benzene rings is 1. The lowest BCUT2D eigenvalue weighted by Gasteiger charge is -2.15. The first kappa shape index (κ1) is 10.3. The van der Waals surface area contributed by atoms with Crippen molar-refractivity contribution in [2.75, 3.05) is 19.0 Å². The van der Waals surface area contributed by atoms with Crippen LogP contribution in [0.4, 0.5) is 20.2 Å². The van der Waals surface area contributed by atoms with Crippen LogP contribution >= 0.6 is 0 Å². The van der Waals surface area contributed by atoms with Crippen molar-refractivity contribution in [2.45, 2.75) is 0 Å². The molecule has 0 aliphatic rings. The van der Waals surface area contributed by atoms with Crippen molar-refractivity contribution < 1.29 is 13.6 Å². The maximum Gasteiger partial charge on any atom is 0.240 e. The fourth-order valence-corrected chi connectivity index (χ4v) is 1.09. The lowest BCUT2D eigenvalue weighted by atomic mass is 10.2. The van der Waals surface area contributed by atoms with Crippen LogP contribution in [-0.2, 0) is 4.79 Å². The summed E-state index contributed by atoms with van der Waals surface area (Å²) >= 11 is 0. The molecule has 0 bridgehead atoms. The molecule has 1 aromatic carbocycles. The Hall–Kier alpha value is -1.74. The number of nitrogens with zero attached hydrogens (tertiary/aromatic N) is 2. The molecule has 0 N–H and O–H groups in total. The third-order valence-corrected chi connectivity index (χ3v) is 1.66. The Balaban J connectivity index is 3.44. The molecule has 0 aromatic heterocycles. The molecule has 14 heavy (non-hydrogen) atoms. The van der Waals surface area contributed by atoms with Crippen LogP contribution in [-0.4, -0.2) is 20.2 Å². The molecule has 5 heteroatoms. The van der Waals surface area contributed by atoms with E-state index in [1.165, 1.54) is 31.1 Å². The van der Waals surface area contributed by atoms with Gasteiger partial charge in [-0.15, -0.1) is 0 Å². The third kappa shape index (κ3) is 1.78. The van der Waals surface area contributed by atoms with Gasteiger partial charge in [-0.3, -0.25) is 0 Å². The van der Waals surface area contributed by atoms with Crippen LogP contribution in [0.15, 0.2) is 17.1 Å². The molecule has 0 fully saturated rings. The molecule has 1 aromatic rings. The van der Waals surface area contributed by atoms with Gasteiger partial charge in [0, 0.05) is 14.1 Å². The largest absolute Gasteiger partial charge is 0.373 e. The number of halogens is 2. The van der Waals surface area contributed by atoms with Crippen LogP contribution in [0.25, 0.3) is 0 Å². The highest BCUT2D eigenvalue weighted by Gasteiger charge is 2.14. The minimum absolute atomic E-state index is 0.0592. The number of hydrogen-bond donors (Lipinski definition) is 0. The van der Waals surface area contributed by atoms with Crippen LogP contribution < -0.4 is 4.90 Å². The van der Waals surface area contributed by atoms with E-state index in [1.807, 2.05) is 0 Å². The van der Waals surface area contributed by atoms with E-state index in [9.17, 15) is 13.6 Å². The van der Waals surface area contributed by atoms with Crippen molar-refractivity contribution in [3.05, 3.63) is 23.8 Å². The molecule has 0 saturated heterocycles. The monoisotopic (exact) mass is 198 g/mol. The Labute approximate surface area is 79.7 Å². The number of anilines is 1. The van der Waals surface area contributed by atoms with Crippen LogP contribution in [0.5, 0.6) is 0 Å². The predicted octanol–water partition coefficient (Wildman–Crippen LogP) is 2.00. The summed E-state index contributed by atoms with van der Waals surface area (Å²) in [4.78, 5) is 14.6. The molecule has 0 heterocycles. The van der Waals surface area contributed by atoms with E-state index in [-0.39, 0.29) is 11.4 Å². The average Bonchev–Trinajstić information content (AvgIpc) is 2.11. The summed E-state index contributed by atoms with van der Waals surface area (Å²) in [6.07, 6.45) is 1.29. The Morgan fingerprint density at radius 1 is 1.36 bits per heavy atom. The smallest absolute Gasteiger partial charge is 0.240 e. The molecule has 0 atom stereocenters. The van der Waals surface area contributed by atoms with Gasteiger partial charge in [0.25, 0.3) is 0 Å². The van der Waals surface area contributed by atoms with Crippen molar-refractivity contribution in [1.29, 1.82) is 0 Å². The van der Waals surface area contributed by atoms with Gasteiger partial charge in [-0.1, -0.05) is 0 Å². The molecule has 0 radical (unpaired) electrons. The van der Waals surface area contributed by atoms with Crippen LogP contribution in [0, 0.1) is 11.6 Å². The highest BCUT2D eigenvalue weighted by atomic mass is 19.2. The topological polar surface area (TPSA) is 32.7 Å². The Morgan fingerprint density at radius 3 is 2.50 bits per heavy atom. The first-order valence-corrected chi connectivity index (χ1v) is 3.81. The summed E-state index contributed by atoms with van der Waals surface area (Å²) in [6.45, 7) is 0. The fraction of sp³-hybridized carbons (Fsp3) is 0.222. The summed E-state index contributed by atoms with van der Waals surface area (Å²) in [5.41, 5.74) is -0.00255. The van der Waals surface area contributed by atoms with Gasteiger partial charge in [-0.25, -0.2) is 13.6 Å². The standard InChI is InChI=1S/C9H8F2N2O/c1-13(2)9-7(12-5-14)4-3-6(10)8(9)11/h3-4H,1-2H3. The first-order valence-electron chi connectivity index (χ1n) is 3.81. The maximum absolute atomic E-state index is 13.2. The Morgan fingerprint density at radius 2 is 2.00 bits per heavy atom. The van der Waals surface area contributed by atoms with Crippen molar-refractivity contribution in [1.82, 2.24) is 0 Å².